The van der Waals surface area contributed by atoms with Gasteiger partial charge in [-0.15, -0.1) is 0 Å². The number of hydrogen-bond acceptors (Lipinski definition) is 9. The maximum absolute atomic E-state index is 13.5. The molecule has 2 fully saturated rings. The normalized spacial score (nSPS) is 29.6. The third kappa shape index (κ3) is 5.56. The lowest BCUT2D eigenvalue weighted by molar-refractivity contribution is -0.0184. The van der Waals surface area contributed by atoms with Crippen LogP contribution in [-0.2, 0) is 14.8 Å². The molecule has 2 aliphatic carbocycles. The topological polar surface area (TPSA) is 114 Å². The van der Waals surface area contributed by atoms with Gasteiger partial charge in [-0.3, -0.25) is 15.3 Å². The number of hydrogen-bond donors (Lipinski definition) is 2. The Morgan fingerprint density at radius 1 is 1.26 bits per heavy atom. The number of methoxy groups -OCH3 is 1. The number of rotatable bonds is 8. The van der Waals surface area contributed by atoms with E-state index in [2.05, 4.69) is 39.6 Å². The van der Waals surface area contributed by atoms with Crippen LogP contribution in [0.15, 0.2) is 57.8 Å². The summed E-state index contributed by atoms with van der Waals surface area (Å²) in [6.45, 7) is 4.07. The lowest BCUT2D eigenvalue weighted by atomic mass is 9.80. The molecule has 2 unspecified atom stereocenters. The van der Waals surface area contributed by atoms with Crippen molar-refractivity contribution in [3.05, 3.63) is 53.4 Å². The fourth-order valence-corrected chi connectivity index (χ4v) is 7.03. The summed E-state index contributed by atoms with van der Waals surface area (Å²) in [7, 11) is -0.674. The number of nitrogens with one attached hydrogen (secondary N) is 2. The van der Waals surface area contributed by atoms with Crippen molar-refractivity contribution in [3.8, 4) is 0 Å². The number of piperazine rings is 1. The molecule has 1 saturated heterocycles. The second-order valence-corrected chi connectivity index (χ2v) is 12.4. The second-order valence-electron chi connectivity index (χ2n) is 10.5. The predicted molar refractivity (Wildman–Crippen MR) is 151 cm³/mol. The number of halogens is 1. The first-order valence-electron chi connectivity index (χ1n) is 13.3. The molecule has 0 bridgehead atoms. The molecule has 4 aliphatic rings. The van der Waals surface area contributed by atoms with Crippen molar-refractivity contribution >= 4 is 33.2 Å². The SMILES string of the molecule is CN/N=C\C(=N)S(=O)(=O)N1CCN(CC2CC(OC)C2)[C@@H](C2=CC3C=NN(c4ccc(F)cc4)C3C=C2C)C1. The number of ether oxygens (including phenoxy) is 1. The summed E-state index contributed by atoms with van der Waals surface area (Å²) in [6.07, 6.45) is 9.62. The van der Waals surface area contributed by atoms with Crippen LogP contribution in [0.5, 0.6) is 0 Å². The molecule has 2 heterocycles. The number of fused-ring (bicyclic) bond motifs is 1. The number of sulfonamides is 1. The lowest BCUT2D eigenvalue weighted by Gasteiger charge is -2.46. The van der Waals surface area contributed by atoms with Crippen LogP contribution < -0.4 is 10.4 Å². The summed E-state index contributed by atoms with van der Waals surface area (Å²) in [5, 5.41) is 17.8. The average Bonchev–Trinajstić information content (AvgIpc) is 3.31. The Morgan fingerprint density at radius 3 is 2.69 bits per heavy atom. The van der Waals surface area contributed by atoms with E-state index in [1.807, 2.05) is 11.2 Å². The smallest absolute Gasteiger partial charge is 0.261 e. The number of nitrogens with zero attached hydrogens (tertiary/aromatic N) is 5. The van der Waals surface area contributed by atoms with E-state index in [4.69, 9.17) is 10.1 Å². The highest BCUT2D eigenvalue weighted by molar-refractivity contribution is 8.06. The van der Waals surface area contributed by atoms with E-state index in [1.165, 1.54) is 16.4 Å². The molecule has 10 nitrogen and oxygen atoms in total. The van der Waals surface area contributed by atoms with Gasteiger partial charge in [0.25, 0.3) is 10.0 Å². The Bertz CT molecular complexity index is 1300. The highest BCUT2D eigenvalue weighted by Gasteiger charge is 2.42. The maximum Gasteiger partial charge on any atom is 0.261 e. The molecule has 0 radical (unpaired) electrons. The summed E-state index contributed by atoms with van der Waals surface area (Å²) in [4.78, 5) is 2.39. The van der Waals surface area contributed by atoms with Gasteiger partial charge in [0.05, 0.1) is 24.0 Å². The van der Waals surface area contributed by atoms with Crippen LogP contribution in [-0.4, -0.2) is 93.6 Å². The van der Waals surface area contributed by atoms with Gasteiger partial charge in [-0.2, -0.15) is 14.5 Å². The van der Waals surface area contributed by atoms with E-state index in [-0.39, 0.29) is 30.4 Å². The van der Waals surface area contributed by atoms with Crippen molar-refractivity contribution in [3.63, 3.8) is 0 Å². The van der Waals surface area contributed by atoms with Gasteiger partial charge < -0.3 is 10.2 Å². The zero-order chi connectivity index (χ0) is 27.7. The van der Waals surface area contributed by atoms with Gasteiger partial charge >= 0.3 is 0 Å². The third-order valence-corrected chi connectivity index (χ3v) is 9.81. The zero-order valence-corrected chi connectivity index (χ0v) is 23.3. The largest absolute Gasteiger partial charge is 0.381 e. The van der Waals surface area contributed by atoms with Gasteiger partial charge in [0.15, 0.2) is 5.04 Å². The van der Waals surface area contributed by atoms with Gasteiger partial charge in [-0.25, -0.2) is 12.8 Å². The van der Waals surface area contributed by atoms with Gasteiger partial charge in [0.2, 0.25) is 0 Å². The van der Waals surface area contributed by atoms with Crippen molar-refractivity contribution < 1.29 is 17.5 Å². The summed E-state index contributed by atoms with van der Waals surface area (Å²) in [5.41, 5.74) is 5.47. The molecule has 2 N–H and O–H groups in total. The molecule has 3 atom stereocenters. The van der Waals surface area contributed by atoms with Crippen molar-refractivity contribution in [2.24, 2.45) is 22.0 Å². The molecule has 5 rings (SSSR count). The summed E-state index contributed by atoms with van der Waals surface area (Å²) < 4.78 is 46.9. The molecule has 1 aromatic carbocycles. The fourth-order valence-electron chi connectivity index (χ4n) is 5.90. The van der Waals surface area contributed by atoms with Gasteiger partial charge in [-0.1, -0.05) is 12.2 Å². The molecule has 39 heavy (non-hydrogen) atoms. The van der Waals surface area contributed by atoms with Gasteiger partial charge in [0.1, 0.15) is 5.82 Å². The van der Waals surface area contributed by atoms with Crippen LogP contribution in [0.3, 0.4) is 0 Å². The minimum absolute atomic E-state index is 0.00484. The van der Waals surface area contributed by atoms with E-state index in [0.717, 1.165) is 42.4 Å². The lowest BCUT2D eigenvalue weighted by Crippen LogP contribution is -2.58. The molecule has 210 valence electrons. The predicted octanol–water partition coefficient (Wildman–Crippen LogP) is 2.43. The quantitative estimate of drug-likeness (QED) is 0.288. The number of anilines is 1. The minimum atomic E-state index is -3.98. The Hall–Kier alpha value is -2.93. The molecular weight excluding hydrogens is 521 g/mol. The monoisotopic (exact) mass is 557 g/mol. The minimum Gasteiger partial charge on any atom is -0.381 e. The highest BCUT2D eigenvalue weighted by Crippen LogP contribution is 2.38. The molecule has 0 spiro atoms. The van der Waals surface area contributed by atoms with E-state index in [0.29, 0.717) is 25.1 Å². The molecule has 12 heteroatoms. The molecule has 0 aromatic heterocycles. The number of benzene rings is 1. The fraction of sp³-hybridized carbons (Fsp3) is 0.519. The zero-order valence-electron chi connectivity index (χ0n) is 22.5. The number of hydrazone groups is 2. The van der Waals surface area contributed by atoms with Crippen molar-refractivity contribution in [2.75, 3.05) is 45.3 Å². The Labute approximate surface area is 229 Å². The van der Waals surface area contributed by atoms with Crippen molar-refractivity contribution in [1.82, 2.24) is 14.6 Å². The molecule has 2 aliphatic heterocycles. The van der Waals surface area contributed by atoms with Crippen LogP contribution in [0.2, 0.25) is 0 Å². The first kappa shape index (κ1) is 27.6. The summed E-state index contributed by atoms with van der Waals surface area (Å²) >= 11 is 0. The molecule has 1 saturated carbocycles. The average molecular weight is 558 g/mol. The van der Waals surface area contributed by atoms with Gasteiger partial charge in [-0.05, 0) is 61.1 Å². The third-order valence-electron chi connectivity index (χ3n) is 8.14. The van der Waals surface area contributed by atoms with E-state index < -0.39 is 15.1 Å². The Kier molecular flexibility index (Phi) is 7.99. The van der Waals surface area contributed by atoms with E-state index in [9.17, 15) is 12.8 Å². The summed E-state index contributed by atoms with van der Waals surface area (Å²) in [5.74, 6) is 0.219. The van der Waals surface area contributed by atoms with Crippen LogP contribution in [0.4, 0.5) is 10.1 Å². The molecule has 0 amide bonds. The first-order chi connectivity index (χ1) is 18.7. The van der Waals surface area contributed by atoms with E-state index in [1.54, 1.807) is 26.3 Å². The Balaban J connectivity index is 1.40. The maximum atomic E-state index is 13.5. The summed E-state index contributed by atoms with van der Waals surface area (Å²) in [6, 6.07) is 6.12. The van der Waals surface area contributed by atoms with Crippen molar-refractivity contribution in [1.29, 1.82) is 5.41 Å². The standard InChI is InChI=1S/C27H36FN7O3S/c1-18-10-25-20(14-32-35(25)22-6-4-21(28)5-7-22)13-24(18)26-17-34(39(36,37)27(29)15-31-30-2)9-8-33(26)16-19-11-23(12-19)38-3/h4-7,10,13-15,19-20,23,25-26,29-30H,8-9,11-12,16-17H2,1-3H3/b29-27?,31-15-/t19?,20?,23?,25?,26-/m1/s1. The highest BCUT2D eigenvalue weighted by atomic mass is 32.2. The second kappa shape index (κ2) is 11.3. The van der Waals surface area contributed by atoms with Gasteiger partial charge in [0, 0.05) is 58.5 Å². The van der Waals surface area contributed by atoms with Crippen molar-refractivity contribution in [2.45, 2.75) is 38.0 Å². The Morgan fingerprint density at radius 2 is 2.00 bits per heavy atom. The van der Waals surface area contributed by atoms with Crippen LogP contribution in [0, 0.1) is 23.1 Å². The first-order valence-corrected chi connectivity index (χ1v) is 14.7. The van der Waals surface area contributed by atoms with Crippen LogP contribution >= 0.6 is 0 Å². The molecular formula is C27H36FN7O3S. The van der Waals surface area contributed by atoms with Crippen LogP contribution in [0.1, 0.15) is 19.8 Å². The molecule has 1 aromatic rings. The van der Waals surface area contributed by atoms with Crippen LogP contribution in [0.25, 0.3) is 0 Å². The van der Waals surface area contributed by atoms with E-state index >= 15 is 0 Å².